The summed E-state index contributed by atoms with van der Waals surface area (Å²) in [7, 11) is 1.54. The van der Waals surface area contributed by atoms with Gasteiger partial charge in [-0.05, 0) is 36.1 Å². The predicted octanol–water partition coefficient (Wildman–Crippen LogP) is 2.99. The number of carbonyl (C=O) groups is 3. The monoisotopic (exact) mass is 443 g/mol. The molecule has 0 fully saturated rings. The Labute approximate surface area is 187 Å². The number of aryl methyl sites for hydroxylation is 1. The minimum atomic E-state index is -0.773. The van der Waals surface area contributed by atoms with Crippen molar-refractivity contribution in [2.45, 2.75) is 39.2 Å². The molecule has 2 rings (SSSR count). The lowest BCUT2D eigenvalue weighted by Crippen LogP contribution is -2.34. The molecule has 0 bridgehead atoms. The lowest BCUT2D eigenvalue weighted by atomic mass is 9.92. The lowest BCUT2D eigenvalue weighted by molar-refractivity contribution is -0.154. The summed E-state index contributed by atoms with van der Waals surface area (Å²) in [5.41, 5.74) is 8.10. The number of phenolic OH excluding ortho intramolecular Hbond substituents is 1. The van der Waals surface area contributed by atoms with Crippen LogP contribution in [0.5, 0.6) is 11.5 Å². The van der Waals surface area contributed by atoms with Crippen molar-refractivity contribution in [3.05, 3.63) is 48.0 Å². The van der Waals surface area contributed by atoms with E-state index < -0.39 is 23.9 Å². The predicted molar refractivity (Wildman–Crippen MR) is 118 cm³/mol. The minimum Gasteiger partial charge on any atom is -0.508 e. The number of primary amides is 1. The molecule has 0 aromatic heterocycles. The number of ether oxygens (including phenoxy) is 3. The first-order valence-electron chi connectivity index (χ1n) is 10.2. The highest BCUT2D eigenvalue weighted by Gasteiger charge is 2.27. The number of carbonyl (C=O) groups excluding carboxylic acids is 3. The zero-order valence-corrected chi connectivity index (χ0v) is 18.5. The standard InChI is InChI=1S/C24H29NO7/c1-15(26)31-14-19(22(13-24(25)29)32-16(2)27)9-6-17-4-7-18(8-5-17)21-11-10-20(28)12-23(21)30-3/h4-5,7-8,10-12,19,22,28H,6,9,13-14H2,1-3H3,(H2,25,29). The molecule has 0 aliphatic heterocycles. The Morgan fingerprint density at radius 2 is 1.72 bits per heavy atom. The van der Waals surface area contributed by atoms with Crippen LogP contribution in [0.1, 0.15) is 32.3 Å². The summed E-state index contributed by atoms with van der Waals surface area (Å²) < 4.78 is 15.8. The molecule has 3 N–H and O–H groups in total. The minimum absolute atomic E-state index is 0.0172. The summed E-state index contributed by atoms with van der Waals surface area (Å²) in [6, 6.07) is 12.7. The van der Waals surface area contributed by atoms with Crippen LogP contribution in [0.4, 0.5) is 0 Å². The molecule has 0 aliphatic rings. The summed E-state index contributed by atoms with van der Waals surface area (Å²) in [6.07, 6.45) is 0.200. The molecule has 1 amide bonds. The van der Waals surface area contributed by atoms with Crippen molar-refractivity contribution in [2.24, 2.45) is 11.7 Å². The van der Waals surface area contributed by atoms with Crippen LogP contribution >= 0.6 is 0 Å². The third-order valence-corrected chi connectivity index (χ3v) is 5.00. The van der Waals surface area contributed by atoms with E-state index in [2.05, 4.69) is 0 Å². The molecule has 2 aromatic carbocycles. The van der Waals surface area contributed by atoms with E-state index in [-0.39, 0.29) is 24.7 Å². The van der Waals surface area contributed by atoms with Crippen LogP contribution in [0.15, 0.2) is 42.5 Å². The smallest absolute Gasteiger partial charge is 0.302 e. The van der Waals surface area contributed by atoms with Crippen molar-refractivity contribution in [2.75, 3.05) is 13.7 Å². The molecule has 0 radical (unpaired) electrons. The Kier molecular flexibility index (Phi) is 9.07. The van der Waals surface area contributed by atoms with Gasteiger partial charge in [0.1, 0.15) is 17.6 Å². The molecule has 2 atom stereocenters. The Balaban J connectivity index is 2.14. The maximum absolute atomic E-state index is 11.5. The van der Waals surface area contributed by atoms with Gasteiger partial charge in [-0.2, -0.15) is 0 Å². The Morgan fingerprint density at radius 3 is 2.28 bits per heavy atom. The van der Waals surface area contributed by atoms with Crippen LogP contribution in [-0.4, -0.2) is 42.8 Å². The van der Waals surface area contributed by atoms with Gasteiger partial charge in [0.15, 0.2) is 0 Å². The van der Waals surface area contributed by atoms with Crippen LogP contribution in [0.2, 0.25) is 0 Å². The maximum atomic E-state index is 11.5. The number of benzene rings is 2. The van der Waals surface area contributed by atoms with Crippen molar-refractivity contribution < 1.29 is 33.7 Å². The number of esters is 2. The van der Waals surface area contributed by atoms with E-state index in [1.54, 1.807) is 25.3 Å². The fraction of sp³-hybridized carbons (Fsp3) is 0.375. The lowest BCUT2D eigenvalue weighted by Gasteiger charge is -2.25. The molecular weight excluding hydrogens is 414 g/mol. The highest BCUT2D eigenvalue weighted by molar-refractivity contribution is 5.75. The largest absolute Gasteiger partial charge is 0.508 e. The quantitative estimate of drug-likeness (QED) is 0.511. The van der Waals surface area contributed by atoms with E-state index in [1.807, 2.05) is 24.3 Å². The van der Waals surface area contributed by atoms with Crippen molar-refractivity contribution >= 4 is 17.8 Å². The molecule has 2 unspecified atom stereocenters. The van der Waals surface area contributed by atoms with E-state index in [1.165, 1.54) is 13.8 Å². The number of phenols is 1. The van der Waals surface area contributed by atoms with Gasteiger partial charge in [-0.1, -0.05) is 24.3 Å². The maximum Gasteiger partial charge on any atom is 0.302 e. The normalized spacial score (nSPS) is 12.5. The SMILES string of the molecule is COc1cc(O)ccc1-c1ccc(CCC(COC(C)=O)C(CC(N)=O)OC(C)=O)cc1. The van der Waals surface area contributed by atoms with Crippen molar-refractivity contribution in [3.8, 4) is 22.6 Å². The zero-order chi connectivity index (χ0) is 23.7. The van der Waals surface area contributed by atoms with Gasteiger partial charge in [0.05, 0.1) is 20.1 Å². The molecular formula is C24H29NO7. The number of hydrogen-bond acceptors (Lipinski definition) is 7. The number of aromatic hydroxyl groups is 1. The van der Waals surface area contributed by atoms with Gasteiger partial charge >= 0.3 is 11.9 Å². The average molecular weight is 443 g/mol. The second kappa shape index (κ2) is 11.7. The van der Waals surface area contributed by atoms with Crippen molar-refractivity contribution in [1.82, 2.24) is 0 Å². The van der Waals surface area contributed by atoms with Crippen LogP contribution in [0, 0.1) is 5.92 Å². The topological polar surface area (TPSA) is 125 Å². The Hall–Kier alpha value is -3.55. The first-order chi connectivity index (χ1) is 15.2. The van der Waals surface area contributed by atoms with E-state index in [9.17, 15) is 19.5 Å². The first kappa shape index (κ1) is 24.7. The molecule has 0 saturated heterocycles. The molecule has 172 valence electrons. The van der Waals surface area contributed by atoms with Crippen LogP contribution < -0.4 is 10.5 Å². The molecule has 0 spiro atoms. The highest BCUT2D eigenvalue weighted by Crippen LogP contribution is 2.33. The van der Waals surface area contributed by atoms with Gasteiger partial charge in [-0.3, -0.25) is 14.4 Å². The number of nitrogens with two attached hydrogens (primary N) is 1. The zero-order valence-electron chi connectivity index (χ0n) is 18.5. The molecule has 0 heterocycles. The highest BCUT2D eigenvalue weighted by atomic mass is 16.6. The molecule has 32 heavy (non-hydrogen) atoms. The van der Waals surface area contributed by atoms with Crippen LogP contribution in [0.25, 0.3) is 11.1 Å². The summed E-state index contributed by atoms with van der Waals surface area (Å²) in [4.78, 5) is 34.2. The van der Waals surface area contributed by atoms with Gasteiger partial charge in [0.2, 0.25) is 5.91 Å². The number of hydrogen-bond donors (Lipinski definition) is 2. The van der Waals surface area contributed by atoms with E-state index in [4.69, 9.17) is 19.9 Å². The molecule has 2 aromatic rings. The number of amides is 1. The van der Waals surface area contributed by atoms with Crippen LogP contribution in [0.3, 0.4) is 0 Å². The first-order valence-corrected chi connectivity index (χ1v) is 10.2. The van der Waals surface area contributed by atoms with E-state index in [0.29, 0.717) is 18.6 Å². The van der Waals surface area contributed by atoms with Crippen molar-refractivity contribution in [1.29, 1.82) is 0 Å². The summed E-state index contributed by atoms with van der Waals surface area (Å²) >= 11 is 0. The van der Waals surface area contributed by atoms with E-state index >= 15 is 0 Å². The summed E-state index contributed by atoms with van der Waals surface area (Å²) in [5, 5.41) is 9.64. The van der Waals surface area contributed by atoms with Gasteiger partial charge in [-0.25, -0.2) is 0 Å². The van der Waals surface area contributed by atoms with E-state index in [0.717, 1.165) is 16.7 Å². The molecule has 8 heteroatoms. The third-order valence-electron chi connectivity index (χ3n) is 5.00. The molecule has 0 saturated carbocycles. The second-order valence-corrected chi connectivity index (χ2v) is 7.50. The summed E-state index contributed by atoms with van der Waals surface area (Å²) in [6.45, 7) is 2.57. The fourth-order valence-corrected chi connectivity index (χ4v) is 3.44. The third kappa shape index (κ3) is 7.61. The van der Waals surface area contributed by atoms with Crippen molar-refractivity contribution in [3.63, 3.8) is 0 Å². The number of methoxy groups -OCH3 is 1. The average Bonchev–Trinajstić information content (AvgIpc) is 2.73. The Bertz CT molecular complexity index is 924. The van der Waals surface area contributed by atoms with Gasteiger partial charge in [0.25, 0.3) is 0 Å². The second-order valence-electron chi connectivity index (χ2n) is 7.50. The van der Waals surface area contributed by atoms with Gasteiger partial charge < -0.3 is 25.1 Å². The summed E-state index contributed by atoms with van der Waals surface area (Å²) in [5.74, 6) is -1.28. The van der Waals surface area contributed by atoms with Gasteiger partial charge in [-0.15, -0.1) is 0 Å². The molecule has 0 aliphatic carbocycles. The fourth-order valence-electron chi connectivity index (χ4n) is 3.44. The Morgan fingerprint density at radius 1 is 1.03 bits per heavy atom. The molecule has 8 nitrogen and oxygen atoms in total. The number of rotatable bonds is 11. The van der Waals surface area contributed by atoms with Crippen LogP contribution in [-0.2, 0) is 30.3 Å². The van der Waals surface area contributed by atoms with Gasteiger partial charge in [0, 0.05) is 31.4 Å².